The van der Waals surface area contributed by atoms with E-state index in [2.05, 4.69) is 54.8 Å². The minimum Gasteiger partial charge on any atom is -0.417 e. The Bertz CT molecular complexity index is 848. The molecule has 0 amide bonds. The third-order valence-corrected chi connectivity index (χ3v) is 10.3. The molecule has 2 rings (SSSR count). The van der Waals surface area contributed by atoms with Crippen molar-refractivity contribution >= 4 is 30.2 Å². The molecule has 2 N–H and O–H groups in total. The zero-order valence-electron chi connectivity index (χ0n) is 16.4. The highest BCUT2D eigenvalue weighted by molar-refractivity contribution is 9.10. The third kappa shape index (κ3) is 5.06. The smallest absolute Gasteiger partial charge is 0.269 e. The number of rotatable bonds is 6. The van der Waals surface area contributed by atoms with Crippen molar-refractivity contribution in [3.8, 4) is 0 Å². The molecule has 1 aromatic heterocycles. The Morgan fingerprint density at radius 2 is 1.89 bits per heavy atom. The quantitative estimate of drug-likeness (QED) is 0.639. The number of nitrogen functional groups attached to an aromatic ring is 1. The van der Waals surface area contributed by atoms with Crippen molar-refractivity contribution < 1.29 is 8.82 Å². The summed E-state index contributed by atoms with van der Waals surface area (Å²) in [5.74, 6) is -0.215. The Kier molecular flexibility index (Phi) is 6.65. The lowest BCUT2D eigenvalue weighted by Gasteiger charge is -2.36. The van der Waals surface area contributed by atoms with E-state index in [0.717, 1.165) is 5.56 Å². The van der Waals surface area contributed by atoms with Gasteiger partial charge in [0.15, 0.2) is 8.32 Å². The van der Waals surface area contributed by atoms with Crippen LogP contribution in [0.15, 0.2) is 39.7 Å². The summed E-state index contributed by atoms with van der Waals surface area (Å²) in [7, 11) is -1.92. The first-order chi connectivity index (χ1) is 12.4. The summed E-state index contributed by atoms with van der Waals surface area (Å²) in [6, 6.07) is 5.69. The van der Waals surface area contributed by atoms with E-state index in [-0.39, 0.29) is 22.4 Å². The van der Waals surface area contributed by atoms with Crippen LogP contribution in [0.25, 0.3) is 0 Å². The molecular formula is C19H27BrFN3O2Si. The Morgan fingerprint density at radius 1 is 1.30 bits per heavy atom. The lowest BCUT2D eigenvalue weighted by Crippen LogP contribution is -2.41. The number of nitrogens with zero attached hydrogens (tertiary/aromatic N) is 2. The van der Waals surface area contributed by atoms with Crippen LogP contribution in [0.1, 0.15) is 38.8 Å². The molecule has 0 aliphatic heterocycles. The highest BCUT2D eigenvalue weighted by atomic mass is 79.9. The molecule has 1 atom stereocenters. The zero-order chi connectivity index (χ0) is 20.4. The van der Waals surface area contributed by atoms with Gasteiger partial charge in [-0.25, -0.2) is 9.37 Å². The molecule has 5 nitrogen and oxygen atoms in total. The van der Waals surface area contributed by atoms with E-state index in [1.54, 1.807) is 12.1 Å². The molecule has 0 bridgehead atoms. The van der Waals surface area contributed by atoms with Crippen molar-refractivity contribution in [1.82, 2.24) is 9.55 Å². The molecular weight excluding hydrogens is 429 g/mol. The molecule has 0 aliphatic rings. The summed E-state index contributed by atoms with van der Waals surface area (Å²) in [4.78, 5) is 16.8. The molecule has 0 fully saturated rings. The minimum atomic E-state index is -1.92. The van der Waals surface area contributed by atoms with Gasteiger partial charge in [-0.15, -0.1) is 0 Å². The standard InChI is InChI=1S/C19H27BrFN3O2Si/c1-19(2,3)27(4,5)26-11-10-16(13-6-8-14(21)9-7-13)24-17(25)15(20)12-23-18(24)22/h6-9,12,16H,10-11H2,1-5H3,(H2,22,23). The first-order valence-corrected chi connectivity index (χ1v) is 12.6. The Morgan fingerprint density at radius 3 is 2.44 bits per heavy atom. The predicted octanol–water partition coefficient (Wildman–Crippen LogP) is 4.73. The number of aromatic nitrogens is 2. The highest BCUT2D eigenvalue weighted by Gasteiger charge is 2.37. The molecule has 0 spiro atoms. The van der Waals surface area contributed by atoms with E-state index < -0.39 is 14.4 Å². The molecule has 0 saturated carbocycles. The normalized spacial score (nSPS) is 13.6. The van der Waals surface area contributed by atoms with Crippen LogP contribution in [-0.2, 0) is 4.43 Å². The van der Waals surface area contributed by atoms with Gasteiger partial charge in [-0.3, -0.25) is 9.36 Å². The molecule has 0 aliphatic carbocycles. The lowest BCUT2D eigenvalue weighted by atomic mass is 10.0. The monoisotopic (exact) mass is 455 g/mol. The van der Waals surface area contributed by atoms with Crippen molar-refractivity contribution in [2.75, 3.05) is 12.3 Å². The molecule has 148 valence electrons. The Hall–Kier alpha value is -1.51. The van der Waals surface area contributed by atoms with Crippen molar-refractivity contribution in [3.05, 3.63) is 56.7 Å². The topological polar surface area (TPSA) is 70.1 Å². The zero-order valence-corrected chi connectivity index (χ0v) is 19.0. The van der Waals surface area contributed by atoms with Crippen LogP contribution >= 0.6 is 15.9 Å². The minimum absolute atomic E-state index is 0.0889. The molecule has 27 heavy (non-hydrogen) atoms. The fourth-order valence-electron chi connectivity index (χ4n) is 2.53. The van der Waals surface area contributed by atoms with Crippen LogP contribution in [-0.4, -0.2) is 24.5 Å². The van der Waals surface area contributed by atoms with Gasteiger partial charge in [0.05, 0.1) is 12.2 Å². The molecule has 0 saturated heterocycles. The van der Waals surface area contributed by atoms with Crippen LogP contribution in [0.4, 0.5) is 10.3 Å². The van der Waals surface area contributed by atoms with Crippen LogP contribution in [0, 0.1) is 5.82 Å². The second-order valence-electron chi connectivity index (χ2n) is 8.10. The maximum atomic E-state index is 13.4. The van der Waals surface area contributed by atoms with Gasteiger partial charge in [0, 0.05) is 6.61 Å². The maximum absolute atomic E-state index is 13.4. The summed E-state index contributed by atoms with van der Waals surface area (Å²) in [5.41, 5.74) is 6.52. The first-order valence-electron chi connectivity index (χ1n) is 8.86. The maximum Gasteiger partial charge on any atom is 0.269 e. The summed E-state index contributed by atoms with van der Waals surface area (Å²) < 4.78 is 21.4. The second kappa shape index (κ2) is 8.24. The lowest BCUT2D eigenvalue weighted by molar-refractivity contribution is 0.264. The molecule has 1 aromatic carbocycles. The van der Waals surface area contributed by atoms with E-state index >= 15 is 0 Å². The van der Waals surface area contributed by atoms with Gasteiger partial charge < -0.3 is 10.2 Å². The number of hydrogen-bond donors (Lipinski definition) is 1. The average molecular weight is 456 g/mol. The summed E-state index contributed by atoms with van der Waals surface area (Å²) in [6.07, 6.45) is 1.92. The summed E-state index contributed by atoms with van der Waals surface area (Å²) in [5, 5.41) is 0.0889. The number of benzene rings is 1. The predicted molar refractivity (Wildman–Crippen MR) is 113 cm³/mol. The number of anilines is 1. The molecule has 2 aromatic rings. The number of hydrogen-bond acceptors (Lipinski definition) is 4. The van der Waals surface area contributed by atoms with Gasteiger partial charge in [-0.2, -0.15) is 0 Å². The van der Waals surface area contributed by atoms with E-state index in [1.807, 2.05) is 0 Å². The van der Waals surface area contributed by atoms with Gasteiger partial charge >= 0.3 is 0 Å². The van der Waals surface area contributed by atoms with Crippen LogP contribution in [0.3, 0.4) is 0 Å². The highest BCUT2D eigenvalue weighted by Crippen LogP contribution is 2.37. The summed E-state index contributed by atoms with van der Waals surface area (Å²) >= 11 is 3.22. The van der Waals surface area contributed by atoms with Gasteiger partial charge in [0.25, 0.3) is 5.56 Å². The van der Waals surface area contributed by atoms with E-state index in [0.29, 0.717) is 17.5 Å². The number of nitrogens with two attached hydrogens (primary N) is 1. The number of halogens is 2. The molecule has 1 unspecified atom stereocenters. The third-order valence-electron chi connectivity index (χ3n) is 5.21. The molecule has 8 heteroatoms. The van der Waals surface area contributed by atoms with Crippen molar-refractivity contribution in [2.45, 2.75) is 51.4 Å². The molecule has 1 heterocycles. The molecule has 0 radical (unpaired) electrons. The van der Waals surface area contributed by atoms with Gasteiger partial charge in [-0.1, -0.05) is 32.9 Å². The van der Waals surface area contributed by atoms with Crippen molar-refractivity contribution in [1.29, 1.82) is 0 Å². The fraction of sp³-hybridized carbons (Fsp3) is 0.474. The van der Waals surface area contributed by atoms with Gasteiger partial charge in [-0.05, 0) is 58.2 Å². The van der Waals surface area contributed by atoms with Crippen LogP contribution < -0.4 is 11.3 Å². The van der Waals surface area contributed by atoms with Crippen LogP contribution in [0.5, 0.6) is 0 Å². The van der Waals surface area contributed by atoms with Crippen molar-refractivity contribution in [2.24, 2.45) is 0 Å². The van der Waals surface area contributed by atoms with E-state index in [9.17, 15) is 9.18 Å². The SMILES string of the molecule is CC(C)(C)[Si](C)(C)OCCC(c1ccc(F)cc1)n1c(N)ncc(Br)c1=O. The largest absolute Gasteiger partial charge is 0.417 e. The van der Waals surface area contributed by atoms with Gasteiger partial charge in [0.2, 0.25) is 5.95 Å². The van der Waals surface area contributed by atoms with Crippen LogP contribution in [0.2, 0.25) is 18.1 Å². The Labute approximate surface area is 169 Å². The first kappa shape index (κ1) is 21.8. The Balaban J connectivity index is 2.37. The van der Waals surface area contributed by atoms with E-state index in [1.165, 1.54) is 22.9 Å². The second-order valence-corrected chi connectivity index (χ2v) is 13.8. The van der Waals surface area contributed by atoms with Crippen molar-refractivity contribution in [3.63, 3.8) is 0 Å². The summed E-state index contributed by atoms with van der Waals surface area (Å²) in [6.45, 7) is 11.4. The average Bonchev–Trinajstić information content (AvgIpc) is 2.57. The van der Waals surface area contributed by atoms with Gasteiger partial charge in [0.1, 0.15) is 10.3 Å². The fourth-order valence-corrected chi connectivity index (χ4v) is 3.89. The van der Waals surface area contributed by atoms with E-state index in [4.69, 9.17) is 10.2 Å².